The molecule has 136 valence electrons. The SMILES string of the molecule is CN=C(NCCc1csc(C(C)C)n1)N1CCS(=O)(=O)C(C)(C)C1. The second-order valence-corrected chi connectivity index (χ2v) is 10.7. The van der Waals surface area contributed by atoms with E-state index in [0.717, 1.165) is 29.6 Å². The van der Waals surface area contributed by atoms with Crippen molar-refractivity contribution in [1.29, 1.82) is 0 Å². The molecule has 0 radical (unpaired) electrons. The summed E-state index contributed by atoms with van der Waals surface area (Å²) >= 11 is 1.70. The number of hydrogen-bond acceptors (Lipinski definition) is 5. The van der Waals surface area contributed by atoms with Gasteiger partial charge in [-0.25, -0.2) is 13.4 Å². The van der Waals surface area contributed by atoms with Gasteiger partial charge in [0, 0.05) is 44.4 Å². The molecule has 1 aliphatic heterocycles. The summed E-state index contributed by atoms with van der Waals surface area (Å²) in [5.41, 5.74) is 1.09. The molecule has 1 saturated heterocycles. The fourth-order valence-electron chi connectivity index (χ4n) is 2.66. The van der Waals surface area contributed by atoms with Crippen LogP contribution in [0.1, 0.15) is 44.3 Å². The van der Waals surface area contributed by atoms with Crippen molar-refractivity contribution >= 4 is 27.1 Å². The Kier molecular flexibility index (Phi) is 5.91. The van der Waals surface area contributed by atoms with Gasteiger partial charge in [-0.15, -0.1) is 11.3 Å². The largest absolute Gasteiger partial charge is 0.356 e. The third-order valence-corrected chi connectivity index (χ3v) is 8.01. The Balaban J connectivity index is 1.91. The van der Waals surface area contributed by atoms with E-state index in [4.69, 9.17) is 0 Å². The molecule has 1 fully saturated rings. The Morgan fingerprint density at radius 3 is 2.75 bits per heavy atom. The fraction of sp³-hybridized carbons (Fsp3) is 0.750. The number of nitrogens with one attached hydrogen (secondary N) is 1. The molecule has 8 heteroatoms. The average molecular weight is 373 g/mol. The minimum Gasteiger partial charge on any atom is -0.356 e. The summed E-state index contributed by atoms with van der Waals surface area (Å²) in [7, 11) is -1.30. The van der Waals surface area contributed by atoms with Gasteiger partial charge in [0.25, 0.3) is 0 Å². The summed E-state index contributed by atoms with van der Waals surface area (Å²) in [5.74, 6) is 1.39. The summed E-state index contributed by atoms with van der Waals surface area (Å²) in [6, 6.07) is 0. The molecule has 1 aromatic rings. The second kappa shape index (κ2) is 7.39. The third kappa shape index (κ3) is 4.27. The van der Waals surface area contributed by atoms with Crippen molar-refractivity contribution in [2.24, 2.45) is 4.99 Å². The highest BCUT2D eigenvalue weighted by atomic mass is 32.2. The van der Waals surface area contributed by atoms with Crippen LogP contribution in [0.3, 0.4) is 0 Å². The van der Waals surface area contributed by atoms with Crippen molar-refractivity contribution in [1.82, 2.24) is 15.2 Å². The number of aliphatic imine (C=N–C) groups is 1. The number of guanidine groups is 1. The van der Waals surface area contributed by atoms with Crippen LogP contribution in [0.25, 0.3) is 0 Å². The summed E-state index contributed by atoms with van der Waals surface area (Å²) < 4.78 is 23.5. The van der Waals surface area contributed by atoms with Crippen LogP contribution in [-0.4, -0.2) is 61.4 Å². The predicted octanol–water partition coefficient (Wildman–Crippen LogP) is 1.89. The van der Waals surface area contributed by atoms with Gasteiger partial charge < -0.3 is 10.2 Å². The summed E-state index contributed by atoms with van der Waals surface area (Å²) in [4.78, 5) is 11.0. The van der Waals surface area contributed by atoms with Crippen molar-refractivity contribution < 1.29 is 8.42 Å². The maximum absolute atomic E-state index is 12.1. The summed E-state index contributed by atoms with van der Waals surface area (Å²) in [6.07, 6.45) is 0.831. The lowest BCUT2D eigenvalue weighted by molar-refractivity contribution is 0.353. The predicted molar refractivity (Wildman–Crippen MR) is 101 cm³/mol. The number of sulfone groups is 1. The highest BCUT2D eigenvalue weighted by Crippen LogP contribution is 2.23. The molecule has 2 rings (SSSR count). The average Bonchev–Trinajstić information content (AvgIpc) is 2.96. The number of thiazole rings is 1. The van der Waals surface area contributed by atoms with Gasteiger partial charge in [-0.3, -0.25) is 4.99 Å². The summed E-state index contributed by atoms with van der Waals surface area (Å²) in [6.45, 7) is 9.54. The topological polar surface area (TPSA) is 74.7 Å². The molecular weight excluding hydrogens is 344 g/mol. The molecule has 6 nitrogen and oxygen atoms in total. The minimum absolute atomic E-state index is 0.171. The van der Waals surface area contributed by atoms with Gasteiger partial charge in [0.15, 0.2) is 15.8 Å². The maximum Gasteiger partial charge on any atom is 0.193 e. The number of hydrogen-bond donors (Lipinski definition) is 1. The lowest BCUT2D eigenvalue weighted by Crippen LogP contribution is -2.57. The second-order valence-electron chi connectivity index (χ2n) is 7.06. The van der Waals surface area contributed by atoms with E-state index in [9.17, 15) is 8.42 Å². The van der Waals surface area contributed by atoms with Crippen LogP contribution in [0, 0.1) is 0 Å². The molecule has 1 aromatic heterocycles. The molecular formula is C16H28N4O2S2. The molecule has 2 heterocycles. The van der Waals surface area contributed by atoms with Crippen molar-refractivity contribution in [3.8, 4) is 0 Å². The zero-order valence-corrected chi connectivity index (χ0v) is 16.8. The molecule has 0 aromatic carbocycles. The molecule has 0 spiro atoms. The number of aromatic nitrogens is 1. The minimum atomic E-state index is -3.04. The first-order valence-electron chi connectivity index (χ1n) is 8.28. The molecule has 1 aliphatic rings. The summed E-state index contributed by atoms with van der Waals surface area (Å²) in [5, 5.41) is 6.61. The van der Waals surface area contributed by atoms with Gasteiger partial charge in [-0.1, -0.05) is 13.8 Å². The molecule has 0 amide bonds. The van der Waals surface area contributed by atoms with Gasteiger partial charge >= 0.3 is 0 Å². The van der Waals surface area contributed by atoms with Crippen LogP contribution >= 0.6 is 11.3 Å². The first kappa shape index (κ1) is 19.2. The van der Waals surface area contributed by atoms with E-state index in [2.05, 4.69) is 34.5 Å². The van der Waals surface area contributed by atoms with E-state index in [-0.39, 0.29) is 5.75 Å². The lowest BCUT2D eigenvalue weighted by atomic mass is 10.2. The number of rotatable bonds is 4. The van der Waals surface area contributed by atoms with Crippen LogP contribution in [0.15, 0.2) is 10.4 Å². The molecule has 24 heavy (non-hydrogen) atoms. The first-order valence-corrected chi connectivity index (χ1v) is 10.8. The van der Waals surface area contributed by atoms with Gasteiger partial charge in [0.2, 0.25) is 0 Å². The molecule has 0 unspecified atom stereocenters. The molecule has 0 bridgehead atoms. The Morgan fingerprint density at radius 2 is 2.21 bits per heavy atom. The van der Waals surface area contributed by atoms with Gasteiger partial charge in [-0.05, 0) is 13.8 Å². The van der Waals surface area contributed by atoms with Crippen LogP contribution in [0.2, 0.25) is 0 Å². The van der Waals surface area contributed by atoms with Gasteiger partial charge in [0.05, 0.1) is 21.2 Å². The standard InChI is InChI=1S/C16H28N4O2S2/c1-12(2)14-19-13(10-23-14)6-7-18-15(17-5)20-8-9-24(21,22)16(3,4)11-20/h10,12H,6-9,11H2,1-5H3,(H,17,18). The van der Waals surface area contributed by atoms with Gasteiger partial charge in [-0.2, -0.15) is 0 Å². The normalized spacial score (nSPS) is 20.4. The van der Waals surface area contributed by atoms with Gasteiger partial charge in [0.1, 0.15) is 0 Å². The van der Waals surface area contributed by atoms with Crippen molar-refractivity contribution in [3.05, 3.63) is 16.1 Å². The van der Waals surface area contributed by atoms with E-state index in [1.165, 1.54) is 0 Å². The molecule has 0 aliphatic carbocycles. The van der Waals surface area contributed by atoms with Crippen LogP contribution in [0.5, 0.6) is 0 Å². The smallest absolute Gasteiger partial charge is 0.193 e. The van der Waals surface area contributed by atoms with Crippen molar-refractivity contribution in [3.63, 3.8) is 0 Å². The van der Waals surface area contributed by atoms with E-state index >= 15 is 0 Å². The Labute approximate surface area is 149 Å². The van der Waals surface area contributed by atoms with Crippen LogP contribution in [-0.2, 0) is 16.3 Å². The fourth-order valence-corrected chi connectivity index (χ4v) is 4.90. The number of nitrogens with zero attached hydrogens (tertiary/aromatic N) is 3. The van der Waals surface area contributed by atoms with E-state index in [1.54, 1.807) is 32.2 Å². The first-order chi connectivity index (χ1) is 11.2. The molecule has 1 N–H and O–H groups in total. The van der Waals surface area contributed by atoms with Crippen molar-refractivity contribution in [2.75, 3.05) is 32.4 Å². The zero-order valence-electron chi connectivity index (χ0n) is 15.2. The zero-order chi connectivity index (χ0) is 18.0. The third-order valence-electron chi connectivity index (χ3n) is 4.28. The Hall–Kier alpha value is -1.15. The molecule has 0 atom stereocenters. The van der Waals surface area contributed by atoms with E-state index < -0.39 is 14.6 Å². The quantitative estimate of drug-likeness (QED) is 0.645. The highest BCUT2D eigenvalue weighted by Gasteiger charge is 2.40. The molecule has 0 saturated carbocycles. The van der Waals surface area contributed by atoms with E-state index in [1.807, 2.05) is 4.90 Å². The van der Waals surface area contributed by atoms with Crippen LogP contribution in [0.4, 0.5) is 0 Å². The van der Waals surface area contributed by atoms with Crippen molar-refractivity contribution in [2.45, 2.75) is 44.8 Å². The monoisotopic (exact) mass is 372 g/mol. The lowest BCUT2D eigenvalue weighted by Gasteiger charge is -2.39. The Morgan fingerprint density at radius 1 is 1.50 bits per heavy atom. The highest BCUT2D eigenvalue weighted by molar-refractivity contribution is 7.92. The van der Waals surface area contributed by atoms with E-state index in [0.29, 0.717) is 19.0 Å². The maximum atomic E-state index is 12.1. The van der Waals surface area contributed by atoms with Crippen LogP contribution < -0.4 is 5.32 Å². The Bertz CT molecular complexity index is 693.